The van der Waals surface area contributed by atoms with E-state index in [1.807, 2.05) is 36.4 Å². The third-order valence-electron chi connectivity index (χ3n) is 3.09. The summed E-state index contributed by atoms with van der Waals surface area (Å²) in [6, 6.07) is 9.95. The molecule has 1 saturated heterocycles. The summed E-state index contributed by atoms with van der Waals surface area (Å²) >= 11 is 0. The van der Waals surface area contributed by atoms with Crippen LogP contribution in [0.15, 0.2) is 36.4 Å². The van der Waals surface area contributed by atoms with E-state index in [1.165, 1.54) is 19.3 Å². The summed E-state index contributed by atoms with van der Waals surface area (Å²) in [5.74, 6) is 0.204. The lowest BCUT2D eigenvalue weighted by atomic mass is 10.1. The largest absolute Gasteiger partial charge is 0.296 e. The van der Waals surface area contributed by atoms with Crippen molar-refractivity contribution in [1.29, 1.82) is 0 Å². The van der Waals surface area contributed by atoms with Gasteiger partial charge in [0.15, 0.2) is 5.78 Å². The van der Waals surface area contributed by atoms with Gasteiger partial charge < -0.3 is 0 Å². The van der Waals surface area contributed by atoms with E-state index in [-0.39, 0.29) is 5.78 Å². The normalized spacial score (nSPS) is 17.4. The minimum atomic E-state index is 0.204. The standard InChI is InChI=1S/C15H19NO/c17-15(13-16-11-5-2-6-12-16)10-9-14-7-3-1-4-8-14/h1,3-4,7-10H,2,5-6,11-13H2. The van der Waals surface area contributed by atoms with Gasteiger partial charge in [-0.3, -0.25) is 9.69 Å². The van der Waals surface area contributed by atoms with E-state index in [4.69, 9.17) is 0 Å². The fourth-order valence-electron chi connectivity index (χ4n) is 2.14. The molecule has 2 nitrogen and oxygen atoms in total. The maximum absolute atomic E-state index is 11.8. The van der Waals surface area contributed by atoms with Crippen molar-refractivity contribution < 1.29 is 4.79 Å². The van der Waals surface area contributed by atoms with Crippen molar-refractivity contribution in [3.05, 3.63) is 42.0 Å². The third-order valence-corrected chi connectivity index (χ3v) is 3.09. The highest BCUT2D eigenvalue weighted by Gasteiger charge is 2.11. The Hall–Kier alpha value is -1.41. The molecular weight excluding hydrogens is 210 g/mol. The molecule has 0 aromatic heterocycles. The van der Waals surface area contributed by atoms with Crippen molar-refractivity contribution in [1.82, 2.24) is 4.90 Å². The number of ketones is 1. The molecule has 2 rings (SSSR count). The molecule has 1 heterocycles. The van der Waals surface area contributed by atoms with Crippen LogP contribution in [-0.2, 0) is 4.79 Å². The van der Waals surface area contributed by atoms with Gasteiger partial charge in [-0.1, -0.05) is 42.8 Å². The Morgan fingerprint density at radius 1 is 1.12 bits per heavy atom. The van der Waals surface area contributed by atoms with Gasteiger partial charge in [-0.25, -0.2) is 0 Å². The first-order valence-electron chi connectivity index (χ1n) is 6.33. The molecule has 0 unspecified atom stereocenters. The van der Waals surface area contributed by atoms with E-state index in [0.29, 0.717) is 6.54 Å². The van der Waals surface area contributed by atoms with Gasteiger partial charge in [-0.2, -0.15) is 0 Å². The molecule has 1 aromatic rings. The van der Waals surface area contributed by atoms with Gasteiger partial charge in [-0.15, -0.1) is 0 Å². The number of carbonyl (C=O) groups excluding carboxylic acids is 1. The van der Waals surface area contributed by atoms with Crippen LogP contribution >= 0.6 is 0 Å². The second-order valence-corrected chi connectivity index (χ2v) is 4.55. The molecule has 0 spiro atoms. The minimum Gasteiger partial charge on any atom is -0.296 e. The van der Waals surface area contributed by atoms with Crippen LogP contribution in [0.25, 0.3) is 6.08 Å². The van der Waals surface area contributed by atoms with Gasteiger partial charge in [0.1, 0.15) is 0 Å². The Morgan fingerprint density at radius 3 is 2.53 bits per heavy atom. The molecule has 0 saturated carbocycles. The van der Waals surface area contributed by atoms with Crippen molar-refractivity contribution in [2.24, 2.45) is 0 Å². The zero-order chi connectivity index (χ0) is 11.9. The summed E-state index contributed by atoms with van der Waals surface area (Å²) in [4.78, 5) is 14.0. The van der Waals surface area contributed by atoms with Gasteiger partial charge in [0.25, 0.3) is 0 Å². The quantitative estimate of drug-likeness (QED) is 0.740. The van der Waals surface area contributed by atoms with Crippen LogP contribution in [0.3, 0.4) is 0 Å². The Morgan fingerprint density at radius 2 is 1.82 bits per heavy atom. The summed E-state index contributed by atoms with van der Waals surface area (Å²) in [6.45, 7) is 2.72. The second kappa shape index (κ2) is 6.36. The molecule has 90 valence electrons. The number of nitrogens with zero attached hydrogens (tertiary/aromatic N) is 1. The Bertz CT molecular complexity index is 377. The second-order valence-electron chi connectivity index (χ2n) is 4.55. The lowest BCUT2D eigenvalue weighted by Crippen LogP contribution is -2.33. The first kappa shape index (κ1) is 12.1. The zero-order valence-corrected chi connectivity index (χ0v) is 10.1. The van der Waals surface area contributed by atoms with Gasteiger partial charge in [0, 0.05) is 0 Å². The molecule has 1 aliphatic heterocycles. The predicted molar refractivity (Wildman–Crippen MR) is 70.8 cm³/mol. The van der Waals surface area contributed by atoms with Crippen LogP contribution in [0.2, 0.25) is 0 Å². The number of hydrogen-bond donors (Lipinski definition) is 0. The van der Waals surface area contributed by atoms with Crippen molar-refractivity contribution in [3.63, 3.8) is 0 Å². The van der Waals surface area contributed by atoms with Crippen LogP contribution in [-0.4, -0.2) is 30.3 Å². The van der Waals surface area contributed by atoms with E-state index in [0.717, 1.165) is 18.7 Å². The summed E-state index contributed by atoms with van der Waals surface area (Å²) in [6.07, 6.45) is 7.37. The highest BCUT2D eigenvalue weighted by Crippen LogP contribution is 2.08. The van der Waals surface area contributed by atoms with Crippen LogP contribution in [0.1, 0.15) is 24.8 Å². The van der Waals surface area contributed by atoms with Crippen LogP contribution in [0.5, 0.6) is 0 Å². The third kappa shape index (κ3) is 4.16. The summed E-state index contributed by atoms with van der Waals surface area (Å²) in [5.41, 5.74) is 1.08. The van der Waals surface area contributed by atoms with E-state index in [1.54, 1.807) is 6.08 Å². The predicted octanol–water partition coefficient (Wildman–Crippen LogP) is 2.75. The summed E-state index contributed by atoms with van der Waals surface area (Å²) in [5, 5.41) is 0. The van der Waals surface area contributed by atoms with Gasteiger partial charge in [0.05, 0.1) is 6.54 Å². The maximum Gasteiger partial charge on any atom is 0.169 e. The molecular formula is C15H19NO. The highest BCUT2D eigenvalue weighted by atomic mass is 16.1. The molecule has 0 atom stereocenters. The highest BCUT2D eigenvalue weighted by molar-refractivity contribution is 5.95. The number of likely N-dealkylation sites (tertiary alicyclic amines) is 1. The molecule has 0 N–H and O–H groups in total. The molecule has 0 bridgehead atoms. The summed E-state index contributed by atoms with van der Waals surface area (Å²) in [7, 11) is 0. The number of hydrogen-bond acceptors (Lipinski definition) is 2. The zero-order valence-electron chi connectivity index (χ0n) is 10.1. The van der Waals surface area contributed by atoms with E-state index >= 15 is 0 Å². The van der Waals surface area contributed by atoms with Gasteiger partial charge >= 0.3 is 0 Å². The van der Waals surface area contributed by atoms with Crippen LogP contribution in [0.4, 0.5) is 0 Å². The fraction of sp³-hybridized carbons (Fsp3) is 0.400. The van der Waals surface area contributed by atoms with Crippen molar-refractivity contribution in [3.8, 4) is 0 Å². The lowest BCUT2D eigenvalue weighted by Gasteiger charge is -2.24. The Kier molecular flexibility index (Phi) is 4.51. The SMILES string of the molecule is O=C(C=Cc1ccccc1)CN1CCCCC1. The summed E-state index contributed by atoms with van der Waals surface area (Å²) < 4.78 is 0. The average molecular weight is 229 g/mol. The number of rotatable bonds is 4. The van der Waals surface area contributed by atoms with E-state index < -0.39 is 0 Å². The molecule has 0 aliphatic carbocycles. The van der Waals surface area contributed by atoms with Gasteiger partial charge in [-0.05, 0) is 37.6 Å². The topological polar surface area (TPSA) is 20.3 Å². The van der Waals surface area contributed by atoms with Crippen molar-refractivity contribution in [2.45, 2.75) is 19.3 Å². The smallest absolute Gasteiger partial charge is 0.169 e. The van der Waals surface area contributed by atoms with Crippen LogP contribution < -0.4 is 0 Å². The lowest BCUT2D eigenvalue weighted by molar-refractivity contribution is -0.115. The van der Waals surface area contributed by atoms with E-state index in [2.05, 4.69) is 4.90 Å². The molecule has 1 aliphatic rings. The molecule has 1 fully saturated rings. The van der Waals surface area contributed by atoms with Crippen LogP contribution in [0, 0.1) is 0 Å². The Balaban J connectivity index is 1.82. The molecule has 2 heteroatoms. The fourth-order valence-corrected chi connectivity index (χ4v) is 2.14. The first-order chi connectivity index (χ1) is 8.34. The van der Waals surface area contributed by atoms with E-state index in [9.17, 15) is 4.79 Å². The number of piperidine rings is 1. The van der Waals surface area contributed by atoms with Crippen molar-refractivity contribution >= 4 is 11.9 Å². The van der Waals surface area contributed by atoms with Gasteiger partial charge in [0.2, 0.25) is 0 Å². The first-order valence-corrected chi connectivity index (χ1v) is 6.33. The van der Waals surface area contributed by atoms with Crippen molar-refractivity contribution in [2.75, 3.05) is 19.6 Å². The Labute approximate surface area is 103 Å². The molecule has 0 amide bonds. The molecule has 0 radical (unpaired) electrons. The average Bonchev–Trinajstić information content (AvgIpc) is 2.39. The minimum absolute atomic E-state index is 0.204. The molecule has 1 aromatic carbocycles. The number of benzene rings is 1. The number of carbonyl (C=O) groups is 1. The monoisotopic (exact) mass is 229 g/mol. The maximum atomic E-state index is 11.8. The molecule has 17 heavy (non-hydrogen) atoms.